The van der Waals surface area contributed by atoms with Crippen LogP contribution in [0.25, 0.3) is 0 Å². The van der Waals surface area contributed by atoms with Gasteiger partial charge < -0.3 is 10.1 Å². The van der Waals surface area contributed by atoms with Gasteiger partial charge in [-0.2, -0.15) is 0 Å². The molecule has 2 rings (SSSR count). The molecule has 0 spiro atoms. The van der Waals surface area contributed by atoms with Gasteiger partial charge in [-0.25, -0.2) is 9.55 Å². The molecule has 94 valence electrons. The Morgan fingerprint density at radius 2 is 2.06 bits per heavy atom. The quantitative estimate of drug-likeness (QED) is 0.590. The fraction of sp³-hybridized carbons (Fsp3) is 0.727. The molecule has 0 aromatic carbocycles. The van der Waals surface area contributed by atoms with E-state index in [1.54, 1.807) is 4.57 Å². The Bertz CT molecular complexity index is 396. The summed E-state index contributed by atoms with van der Waals surface area (Å²) in [4.78, 5) is 16.8. The molecule has 1 aliphatic heterocycles. The van der Waals surface area contributed by atoms with Crippen molar-refractivity contribution in [3.05, 3.63) is 22.1 Å². The highest BCUT2D eigenvalue weighted by molar-refractivity contribution is 5.18. The number of aromatic nitrogens is 2. The molecule has 0 saturated carbocycles. The monoisotopic (exact) mass is 238 g/mol. The van der Waals surface area contributed by atoms with Gasteiger partial charge in [0.05, 0.1) is 0 Å². The van der Waals surface area contributed by atoms with Gasteiger partial charge >= 0.3 is 5.82 Å². The SMILES string of the molecule is Cc1ncc([N+](=O)[O-])n1CCN1CCCCC1. The summed E-state index contributed by atoms with van der Waals surface area (Å²) in [5, 5.41) is 10.8. The van der Waals surface area contributed by atoms with Gasteiger partial charge in [0.2, 0.25) is 0 Å². The average Bonchev–Trinajstić information content (AvgIpc) is 2.69. The predicted octanol–water partition coefficient (Wildman–Crippen LogP) is 1.59. The maximum Gasteiger partial charge on any atom is 0.342 e. The zero-order valence-corrected chi connectivity index (χ0v) is 10.1. The van der Waals surface area contributed by atoms with Gasteiger partial charge in [0.15, 0.2) is 5.82 Å². The van der Waals surface area contributed by atoms with E-state index in [0.29, 0.717) is 12.4 Å². The van der Waals surface area contributed by atoms with Crippen LogP contribution < -0.4 is 0 Å². The molecule has 1 aromatic heterocycles. The molecule has 0 bridgehead atoms. The lowest BCUT2D eigenvalue weighted by molar-refractivity contribution is -0.392. The summed E-state index contributed by atoms with van der Waals surface area (Å²) in [6.07, 6.45) is 5.13. The normalized spacial score (nSPS) is 17.2. The number of piperidine rings is 1. The number of nitro groups is 1. The number of imidazole rings is 1. The van der Waals surface area contributed by atoms with Gasteiger partial charge in [-0.05, 0) is 30.9 Å². The number of rotatable bonds is 4. The minimum absolute atomic E-state index is 0.0968. The van der Waals surface area contributed by atoms with Crippen LogP contribution in [0.5, 0.6) is 0 Å². The molecule has 6 nitrogen and oxygen atoms in total. The fourth-order valence-electron chi connectivity index (χ4n) is 2.30. The molecule has 1 aromatic rings. The second kappa shape index (κ2) is 5.27. The fourth-order valence-corrected chi connectivity index (χ4v) is 2.30. The highest BCUT2D eigenvalue weighted by Gasteiger charge is 2.18. The number of likely N-dealkylation sites (tertiary alicyclic amines) is 1. The van der Waals surface area contributed by atoms with E-state index in [0.717, 1.165) is 19.6 Å². The minimum atomic E-state index is -0.365. The van der Waals surface area contributed by atoms with Crippen molar-refractivity contribution in [3.8, 4) is 0 Å². The maximum atomic E-state index is 10.8. The lowest BCUT2D eigenvalue weighted by atomic mass is 10.1. The van der Waals surface area contributed by atoms with Crippen molar-refractivity contribution in [2.24, 2.45) is 0 Å². The zero-order chi connectivity index (χ0) is 12.3. The molecule has 0 radical (unpaired) electrons. The Kier molecular flexibility index (Phi) is 3.73. The predicted molar refractivity (Wildman–Crippen MR) is 63.9 cm³/mol. The Morgan fingerprint density at radius 3 is 2.71 bits per heavy atom. The summed E-state index contributed by atoms with van der Waals surface area (Å²) < 4.78 is 1.69. The molecule has 1 aliphatic rings. The number of hydrogen-bond acceptors (Lipinski definition) is 4. The smallest absolute Gasteiger partial charge is 0.342 e. The van der Waals surface area contributed by atoms with Crippen molar-refractivity contribution in [1.29, 1.82) is 0 Å². The number of hydrogen-bond donors (Lipinski definition) is 0. The van der Waals surface area contributed by atoms with Crippen LogP contribution in [0.15, 0.2) is 6.20 Å². The number of aryl methyl sites for hydroxylation is 1. The summed E-state index contributed by atoms with van der Waals surface area (Å²) in [6, 6.07) is 0. The molecular weight excluding hydrogens is 220 g/mol. The molecule has 6 heteroatoms. The first-order valence-corrected chi connectivity index (χ1v) is 6.07. The molecule has 0 unspecified atom stereocenters. The first-order valence-electron chi connectivity index (χ1n) is 6.07. The van der Waals surface area contributed by atoms with Gasteiger partial charge in [-0.3, -0.25) is 4.90 Å². The molecule has 0 aliphatic carbocycles. The first-order chi connectivity index (χ1) is 8.18. The van der Waals surface area contributed by atoms with Crippen molar-refractivity contribution < 1.29 is 4.92 Å². The van der Waals surface area contributed by atoms with E-state index in [1.165, 1.54) is 25.5 Å². The van der Waals surface area contributed by atoms with E-state index in [4.69, 9.17) is 0 Å². The molecule has 0 N–H and O–H groups in total. The number of nitrogens with zero attached hydrogens (tertiary/aromatic N) is 4. The van der Waals surface area contributed by atoms with Gasteiger partial charge in [-0.1, -0.05) is 6.42 Å². The van der Waals surface area contributed by atoms with Crippen LogP contribution in [-0.4, -0.2) is 39.0 Å². The van der Waals surface area contributed by atoms with Crippen molar-refractivity contribution >= 4 is 5.82 Å². The van der Waals surface area contributed by atoms with Crippen LogP contribution in [0.1, 0.15) is 25.1 Å². The topological polar surface area (TPSA) is 64.2 Å². The van der Waals surface area contributed by atoms with Crippen molar-refractivity contribution in [2.45, 2.75) is 32.7 Å². The van der Waals surface area contributed by atoms with E-state index in [1.807, 2.05) is 6.92 Å². The lowest BCUT2D eigenvalue weighted by Gasteiger charge is -2.25. The van der Waals surface area contributed by atoms with Crippen molar-refractivity contribution in [1.82, 2.24) is 14.5 Å². The lowest BCUT2D eigenvalue weighted by Crippen LogP contribution is -2.32. The van der Waals surface area contributed by atoms with E-state index in [2.05, 4.69) is 9.88 Å². The molecule has 1 fully saturated rings. The summed E-state index contributed by atoms with van der Waals surface area (Å²) in [7, 11) is 0. The van der Waals surface area contributed by atoms with E-state index in [9.17, 15) is 10.1 Å². The van der Waals surface area contributed by atoms with Crippen molar-refractivity contribution in [2.75, 3.05) is 19.6 Å². The van der Waals surface area contributed by atoms with Crippen LogP contribution >= 0.6 is 0 Å². The highest BCUT2D eigenvalue weighted by atomic mass is 16.6. The van der Waals surface area contributed by atoms with Crippen molar-refractivity contribution in [3.63, 3.8) is 0 Å². The molecule has 17 heavy (non-hydrogen) atoms. The Labute approximate surface area is 100 Å². The van der Waals surface area contributed by atoms with Crippen LogP contribution in [-0.2, 0) is 6.54 Å². The molecule has 2 heterocycles. The Hall–Kier alpha value is -1.43. The minimum Gasteiger partial charge on any atom is -0.358 e. The average molecular weight is 238 g/mol. The van der Waals surface area contributed by atoms with Gasteiger partial charge in [-0.15, -0.1) is 0 Å². The summed E-state index contributed by atoms with van der Waals surface area (Å²) in [5.74, 6) is 0.813. The second-order valence-corrected chi connectivity index (χ2v) is 4.47. The van der Waals surface area contributed by atoms with E-state index < -0.39 is 0 Å². The van der Waals surface area contributed by atoms with Crippen LogP contribution in [0.3, 0.4) is 0 Å². The third-order valence-corrected chi connectivity index (χ3v) is 3.31. The maximum absolute atomic E-state index is 10.8. The standard InChI is InChI=1S/C11H18N4O2/c1-10-12-9-11(15(16)17)14(10)8-7-13-5-3-2-4-6-13/h9H,2-8H2,1H3. The zero-order valence-electron chi connectivity index (χ0n) is 10.1. The van der Waals surface area contributed by atoms with Gasteiger partial charge in [0, 0.05) is 13.5 Å². The third-order valence-electron chi connectivity index (χ3n) is 3.31. The molecular formula is C11H18N4O2. The summed E-state index contributed by atoms with van der Waals surface area (Å²) in [6.45, 7) is 5.56. The van der Waals surface area contributed by atoms with E-state index in [-0.39, 0.29) is 10.7 Å². The second-order valence-electron chi connectivity index (χ2n) is 4.47. The summed E-state index contributed by atoms with van der Waals surface area (Å²) >= 11 is 0. The van der Waals surface area contributed by atoms with E-state index >= 15 is 0 Å². The van der Waals surface area contributed by atoms with Gasteiger partial charge in [0.25, 0.3) is 0 Å². The highest BCUT2D eigenvalue weighted by Crippen LogP contribution is 2.14. The summed E-state index contributed by atoms with van der Waals surface area (Å²) in [5.41, 5.74) is 0. The Balaban J connectivity index is 1.97. The van der Waals surface area contributed by atoms with Crippen LogP contribution in [0.4, 0.5) is 5.82 Å². The first kappa shape index (κ1) is 12.0. The van der Waals surface area contributed by atoms with Crippen LogP contribution in [0.2, 0.25) is 0 Å². The van der Waals surface area contributed by atoms with Crippen LogP contribution in [0, 0.1) is 17.0 Å². The molecule has 1 saturated heterocycles. The molecule has 0 amide bonds. The third kappa shape index (κ3) is 2.82. The largest absolute Gasteiger partial charge is 0.358 e. The molecule has 0 atom stereocenters. The van der Waals surface area contributed by atoms with Gasteiger partial charge in [0.1, 0.15) is 12.7 Å². The Morgan fingerprint density at radius 1 is 1.35 bits per heavy atom.